The number of aromatic nitrogens is 3. The first kappa shape index (κ1) is 23.8. The number of H-pyrrole nitrogens is 1. The van der Waals surface area contributed by atoms with Crippen LogP contribution in [-0.4, -0.2) is 40.3 Å². The van der Waals surface area contributed by atoms with Gasteiger partial charge in [-0.1, -0.05) is 37.3 Å². The first-order chi connectivity index (χ1) is 17.1. The number of imidazole rings is 1. The van der Waals surface area contributed by atoms with Crippen LogP contribution < -0.4 is 10.1 Å². The van der Waals surface area contributed by atoms with Crippen LogP contribution in [0.15, 0.2) is 22.9 Å². The molecular formula is C26H33FN4O4. The third-order valence-electron chi connectivity index (χ3n) is 7.23. The number of carbonyl (C=O) groups is 1. The van der Waals surface area contributed by atoms with Crippen molar-refractivity contribution in [1.29, 1.82) is 0 Å². The van der Waals surface area contributed by atoms with Crippen molar-refractivity contribution in [3.8, 4) is 5.75 Å². The van der Waals surface area contributed by atoms with Gasteiger partial charge in [0.1, 0.15) is 29.3 Å². The van der Waals surface area contributed by atoms with Crippen molar-refractivity contribution >= 4 is 16.9 Å². The zero-order valence-corrected chi connectivity index (χ0v) is 20.1. The molecule has 8 nitrogen and oxygen atoms in total. The van der Waals surface area contributed by atoms with E-state index >= 15 is 4.39 Å². The Balaban J connectivity index is 1.45. The molecule has 0 spiro atoms. The van der Waals surface area contributed by atoms with Gasteiger partial charge in [0.25, 0.3) is 5.91 Å². The molecule has 2 N–H and O–H groups in total. The van der Waals surface area contributed by atoms with Crippen LogP contribution in [0.5, 0.6) is 5.75 Å². The van der Waals surface area contributed by atoms with Crippen molar-refractivity contribution in [3.63, 3.8) is 0 Å². The van der Waals surface area contributed by atoms with Crippen LogP contribution in [0.4, 0.5) is 4.39 Å². The molecule has 0 bridgehead atoms. The highest BCUT2D eigenvalue weighted by Gasteiger charge is 2.30. The van der Waals surface area contributed by atoms with Crippen LogP contribution in [0.1, 0.15) is 85.7 Å². The lowest BCUT2D eigenvalue weighted by atomic mass is 9.85. The summed E-state index contributed by atoms with van der Waals surface area (Å²) in [6.07, 6.45) is 10.5. The normalized spacial score (nSPS) is 19.3. The molecule has 2 aliphatic rings. The Hall–Kier alpha value is -2.94. The van der Waals surface area contributed by atoms with Crippen molar-refractivity contribution in [3.05, 3.63) is 41.3 Å². The summed E-state index contributed by atoms with van der Waals surface area (Å²) in [4.78, 5) is 21.1. The molecule has 1 aliphatic carbocycles. The van der Waals surface area contributed by atoms with E-state index in [1.54, 1.807) is 19.1 Å². The number of rotatable bonds is 6. The summed E-state index contributed by atoms with van der Waals surface area (Å²) in [5, 5.41) is 6.99. The second kappa shape index (κ2) is 10.8. The van der Waals surface area contributed by atoms with Crippen LogP contribution in [0.3, 0.4) is 0 Å². The van der Waals surface area contributed by atoms with Gasteiger partial charge < -0.3 is 24.3 Å². The van der Waals surface area contributed by atoms with Gasteiger partial charge in [0.2, 0.25) is 0 Å². The zero-order valence-electron chi connectivity index (χ0n) is 20.1. The number of halogens is 1. The Kier molecular flexibility index (Phi) is 7.32. The number of carbonyl (C=O) groups excluding carboxylic acids is 1. The van der Waals surface area contributed by atoms with Gasteiger partial charge in [0.15, 0.2) is 11.6 Å². The van der Waals surface area contributed by atoms with Gasteiger partial charge in [-0.25, -0.2) is 9.37 Å². The Bertz CT molecular complexity index is 1150. The highest BCUT2D eigenvalue weighted by Crippen LogP contribution is 2.35. The molecule has 35 heavy (non-hydrogen) atoms. The monoisotopic (exact) mass is 484 g/mol. The summed E-state index contributed by atoms with van der Waals surface area (Å²) in [6.45, 7) is 2.98. The largest absolute Gasteiger partial charge is 0.487 e. The molecule has 3 heterocycles. The van der Waals surface area contributed by atoms with Crippen molar-refractivity contribution in [2.24, 2.45) is 5.92 Å². The van der Waals surface area contributed by atoms with Crippen LogP contribution in [-0.2, 0) is 4.74 Å². The van der Waals surface area contributed by atoms with Gasteiger partial charge in [-0.15, -0.1) is 0 Å². The molecule has 2 fully saturated rings. The maximum Gasteiger partial charge on any atom is 0.257 e. The predicted molar refractivity (Wildman–Crippen MR) is 128 cm³/mol. The topological polar surface area (TPSA) is 102 Å². The first-order valence-corrected chi connectivity index (χ1v) is 12.7. The van der Waals surface area contributed by atoms with Crippen LogP contribution >= 0.6 is 0 Å². The van der Waals surface area contributed by atoms with E-state index in [1.165, 1.54) is 25.5 Å². The fraction of sp³-hybridized carbons (Fsp3) is 0.577. The Labute approximate surface area is 203 Å². The van der Waals surface area contributed by atoms with Crippen LogP contribution in [0, 0.1) is 18.7 Å². The minimum atomic E-state index is -0.478. The number of fused-ring (bicyclic) bond motifs is 1. The number of benzene rings is 1. The molecule has 1 saturated heterocycles. The van der Waals surface area contributed by atoms with E-state index in [0.29, 0.717) is 35.8 Å². The maximum absolute atomic E-state index is 15.5. The van der Waals surface area contributed by atoms with E-state index in [9.17, 15) is 4.79 Å². The molecular weight excluding hydrogens is 451 g/mol. The number of hydrogen-bond acceptors (Lipinski definition) is 6. The minimum Gasteiger partial charge on any atom is -0.487 e. The summed E-state index contributed by atoms with van der Waals surface area (Å²) in [6, 6.07) is 3.07. The van der Waals surface area contributed by atoms with Gasteiger partial charge in [-0.3, -0.25) is 4.79 Å². The number of hydrogen-bond donors (Lipinski definition) is 2. The number of aromatic amines is 1. The molecule has 1 atom stereocenters. The van der Waals surface area contributed by atoms with Gasteiger partial charge in [-0.2, -0.15) is 0 Å². The summed E-state index contributed by atoms with van der Waals surface area (Å²) < 4.78 is 31.7. The summed E-state index contributed by atoms with van der Waals surface area (Å²) >= 11 is 0. The second-order valence-electron chi connectivity index (χ2n) is 9.70. The van der Waals surface area contributed by atoms with Gasteiger partial charge in [-0.05, 0) is 37.8 Å². The fourth-order valence-electron chi connectivity index (χ4n) is 5.21. The van der Waals surface area contributed by atoms with Gasteiger partial charge in [0.05, 0.1) is 30.5 Å². The molecule has 188 valence electrons. The summed E-state index contributed by atoms with van der Waals surface area (Å²) in [5.41, 5.74) is 1.75. The molecule has 1 saturated carbocycles. The molecule has 3 aromatic rings. The van der Waals surface area contributed by atoms with E-state index in [-0.39, 0.29) is 35.2 Å². The number of ether oxygens (including phenoxy) is 2. The Morgan fingerprint density at radius 3 is 2.60 bits per heavy atom. The highest BCUT2D eigenvalue weighted by atomic mass is 19.1. The first-order valence-electron chi connectivity index (χ1n) is 12.7. The number of nitrogens with one attached hydrogen (secondary N) is 2. The van der Waals surface area contributed by atoms with Crippen molar-refractivity contribution in [1.82, 2.24) is 20.4 Å². The molecule has 9 heteroatoms. The molecule has 5 rings (SSSR count). The summed E-state index contributed by atoms with van der Waals surface area (Å²) in [7, 11) is 0. The molecule has 2 aromatic heterocycles. The lowest BCUT2D eigenvalue weighted by Gasteiger charge is -2.28. The smallest absolute Gasteiger partial charge is 0.257 e. The lowest BCUT2D eigenvalue weighted by Crippen LogP contribution is -2.35. The minimum absolute atomic E-state index is 0.0668. The van der Waals surface area contributed by atoms with Gasteiger partial charge >= 0.3 is 0 Å². The zero-order chi connectivity index (χ0) is 24.2. The van der Waals surface area contributed by atoms with E-state index in [0.717, 1.165) is 38.5 Å². The molecule has 0 radical (unpaired) electrons. The standard InChI is InChI=1S/C26H33FN4O4/c1-16-19(15-34-31-16)26(32)30-23(17-7-5-3-2-4-6-8-17)25-28-20-9-10-21(22(27)24(20)29-25)35-18-11-13-33-14-12-18/h9-10,15,17-18,23H,2-8,11-14H2,1H3,(H,28,29)(H,30,32). The van der Waals surface area contributed by atoms with E-state index in [1.807, 2.05) is 0 Å². The highest BCUT2D eigenvalue weighted by molar-refractivity contribution is 5.95. The SMILES string of the molecule is Cc1nocc1C(=O)NC(c1nc2c(F)c(OC3CCOCC3)ccc2[nH]1)C1CCCCCCC1. The van der Waals surface area contributed by atoms with Crippen LogP contribution in [0.2, 0.25) is 0 Å². The third-order valence-corrected chi connectivity index (χ3v) is 7.23. The van der Waals surface area contributed by atoms with Gasteiger partial charge in [0, 0.05) is 12.8 Å². The molecule has 1 aromatic carbocycles. The predicted octanol–water partition coefficient (Wildman–Crippen LogP) is 5.39. The third kappa shape index (κ3) is 5.34. The van der Waals surface area contributed by atoms with Crippen molar-refractivity contribution in [2.75, 3.05) is 13.2 Å². The maximum atomic E-state index is 15.5. The Morgan fingerprint density at radius 2 is 1.89 bits per heavy atom. The van der Waals surface area contributed by atoms with E-state index < -0.39 is 5.82 Å². The second-order valence-corrected chi connectivity index (χ2v) is 9.70. The van der Waals surface area contributed by atoms with Crippen LogP contribution in [0.25, 0.3) is 11.0 Å². The molecule has 1 amide bonds. The molecule has 1 aliphatic heterocycles. The fourth-order valence-corrected chi connectivity index (χ4v) is 5.21. The number of amides is 1. The average Bonchev–Trinajstić information content (AvgIpc) is 3.47. The Morgan fingerprint density at radius 1 is 1.14 bits per heavy atom. The van der Waals surface area contributed by atoms with Crippen molar-refractivity contribution in [2.45, 2.75) is 76.9 Å². The van der Waals surface area contributed by atoms with E-state index in [2.05, 4.69) is 20.4 Å². The summed E-state index contributed by atoms with van der Waals surface area (Å²) in [5.74, 6) is 0.222. The van der Waals surface area contributed by atoms with Crippen molar-refractivity contribution < 1.29 is 23.2 Å². The quantitative estimate of drug-likeness (QED) is 0.487. The number of nitrogens with zero attached hydrogens (tertiary/aromatic N) is 2. The average molecular weight is 485 g/mol. The lowest BCUT2D eigenvalue weighted by molar-refractivity contribution is 0.0241. The molecule has 1 unspecified atom stereocenters. The number of aryl methyl sites for hydroxylation is 1. The van der Waals surface area contributed by atoms with E-state index in [4.69, 9.17) is 14.0 Å².